The molecule has 3 rings (SSSR count). The zero-order valence-electron chi connectivity index (χ0n) is 10.9. The Hall–Kier alpha value is -2.37. The van der Waals surface area contributed by atoms with E-state index >= 15 is 0 Å². The summed E-state index contributed by atoms with van der Waals surface area (Å²) in [6.45, 7) is 4.41. The fourth-order valence-electron chi connectivity index (χ4n) is 2.19. The molecule has 0 aliphatic carbocycles. The summed E-state index contributed by atoms with van der Waals surface area (Å²) in [5.41, 5.74) is 8.45. The summed E-state index contributed by atoms with van der Waals surface area (Å²) in [5.74, 6) is 2.22. The van der Waals surface area contributed by atoms with Crippen LogP contribution in [0.1, 0.15) is 24.5 Å². The molecular weight excluding hydrogens is 242 g/mol. The van der Waals surface area contributed by atoms with Crippen LogP contribution >= 0.6 is 0 Å². The fraction of sp³-hybridized carbons (Fsp3) is 0.308. The maximum absolute atomic E-state index is 5.79. The van der Waals surface area contributed by atoms with Crippen LogP contribution in [0.3, 0.4) is 0 Å². The third kappa shape index (κ3) is 2.05. The van der Waals surface area contributed by atoms with Gasteiger partial charge in [0.05, 0.1) is 17.6 Å². The first-order chi connectivity index (χ1) is 9.17. The lowest BCUT2D eigenvalue weighted by atomic mass is 10.3. The predicted octanol–water partition coefficient (Wildman–Crippen LogP) is 1.92. The highest BCUT2D eigenvalue weighted by atomic mass is 16.5. The zero-order valence-corrected chi connectivity index (χ0v) is 10.9. The summed E-state index contributed by atoms with van der Waals surface area (Å²) in [6.07, 6.45) is 0.839. The van der Waals surface area contributed by atoms with Crippen LogP contribution in [0.15, 0.2) is 22.7 Å². The van der Waals surface area contributed by atoms with Crippen molar-refractivity contribution in [3.63, 3.8) is 0 Å². The van der Waals surface area contributed by atoms with E-state index in [4.69, 9.17) is 10.3 Å². The molecule has 3 aromatic rings. The Bertz CT molecular complexity index is 728. The van der Waals surface area contributed by atoms with Crippen molar-refractivity contribution in [1.82, 2.24) is 19.7 Å². The molecule has 0 unspecified atom stereocenters. The number of hydrogen-bond donors (Lipinski definition) is 1. The minimum absolute atomic E-state index is 0.556. The third-order valence-corrected chi connectivity index (χ3v) is 3.04. The molecule has 2 aromatic heterocycles. The van der Waals surface area contributed by atoms with Crippen molar-refractivity contribution < 1.29 is 4.52 Å². The van der Waals surface area contributed by atoms with E-state index in [0.717, 1.165) is 29.0 Å². The van der Waals surface area contributed by atoms with E-state index < -0.39 is 0 Å². The van der Waals surface area contributed by atoms with E-state index in [1.54, 1.807) is 6.92 Å². The van der Waals surface area contributed by atoms with Gasteiger partial charge in [0.15, 0.2) is 5.82 Å². The SMILES string of the molecule is CCc1nc2cc(N)ccc2n1Cc1noc(C)n1. The Morgan fingerprint density at radius 1 is 1.32 bits per heavy atom. The summed E-state index contributed by atoms with van der Waals surface area (Å²) in [7, 11) is 0. The van der Waals surface area contributed by atoms with E-state index in [1.165, 1.54) is 0 Å². The van der Waals surface area contributed by atoms with E-state index in [0.29, 0.717) is 18.3 Å². The zero-order chi connectivity index (χ0) is 13.4. The second-order valence-electron chi connectivity index (χ2n) is 4.45. The van der Waals surface area contributed by atoms with Crippen molar-refractivity contribution in [3.8, 4) is 0 Å². The highest BCUT2D eigenvalue weighted by molar-refractivity contribution is 5.79. The maximum Gasteiger partial charge on any atom is 0.223 e. The van der Waals surface area contributed by atoms with Crippen LogP contribution in [0, 0.1) is 6.92 Å². The first-order valence-electron chi connectivity index (χ1n) is 6.21. The van der Waals surface area contributed by atoms with Gasteiger partial charge in [-0.25, -0.2) is 4.98 Å². The molecular formula is C13H15N5O. The molecule has 6 heteroatoms. The van der Waals surface area contributed by atoms with Crippen LogP contribution < -0.4 is 5.73 Å². The topological polar surface area (TPSA) is 82.8 Å². The van der Waals surface area contributed by atoms with Gasteiger partial charge in [-0.3, -0.25) is 0 Å². The van der Waals surface area contributed by atoms with Gasteiger partial charge in [0.1, 0.15) is 5.82 Å². The predicted molar refractivity (Wildman–Crippen MR) is 71.7 cm³/mol. The lowest BCUT2D eigenvalue weighted by molar-refractivity contribution is 0.386. The number of aryl methyl sites for hydroxylation is 2. The number of fused-ring (bicyclic) bond motifs is 1. The molecule has 19 heavy (non-hydrogen) atoms. The molecule has 6 nitrogen and oxygen atoms in total. The Morgan fingerprint density at radius 3 is 2.84 bits per heavy atom. The molecule has 0 fully saturated rings. The Morgan fingerprint density at radius 2 is 2.16 bits per heavy atom. The van der Waals surface area contributed by atoms with Crippen molar-refractivity contribution in [3.05, 3.63) is 35.7 Å². The summed E-state index contributed by atoms with van der Waals surface area (Å²) < 4.78 is 7.10. The van der Waals surface area contributed by atoms with Gasteiger partial charge in [-0.1, -0.05) is 12.1 Å². The molecule has 2 heterocycles. The minimum atomic E-state index is 0.556. The average molecular weight is 257 g/mol. The number of nitrogens with zero attached hydrogens (tertiary/aromatic N) is 4. The van der Waals surface area contributed by atoms with E-state index in [2.05, 4.69) is 26.6 Å². The van der Waals surface area contributed by atoms with Crippen molar-refractivity contribution in [2.45, 2.75) is 26.8 Å². The van der Waals surface area contributed by atoms with Crippen LogP contribution in [0.2, 0.25) is 0 Å². The summed E-state index contributed by atoms with van der Waals surface area (Å²) in [5, 5.41) is 3.93. The van der Waals surface area contributed by atoms with E-state index in [-0.39, 0.29) is 0 Å². The van der Waals surface area contributed by atoms with Gasteiger partial charge in [-0.15, -0.1) is 0 Å². The molecule has 0 saturated heterocycles. The second kappa shape index (κ2) is 4.38. The molecule has 0 aliphatic rings. The Balaban J connectivity index is 2.10. The highest BCUT2D eigenvalue weighted by Gasteiger charge is 2.12. The van der Waals surface area contributed by atoms with Gasteiger partial charge < -0.3 is 14.8 Å². The van der Waals surface area contributed by atoms with Crippen LogP contribution in [-0.4, -0.2) is 19.7 Å². The van der Waals surface area contributed by atoms with Gasteiger partial charge in [-0.2, -0.15) is 4.98 Å². The number of nitrogen functional groups attached to an aromatic ring is 1. The number of anilines is 1. The number of rotatable bonds is 3. The van der Waals surface area contributed by atoms with Crippen molar-refractivity contribution in [2.24, 2.45) is 0 Å². The molecule has 0 radical (unpaired) electrons. The lowest BCUT2D eigenvalue weighted by Crippen LogP contribution is -2.05. The second-order valence-corrected chi connectivity index (χ2v) is 4.45. The third-order valence-electron chi connectivity index (χ3n) is 3.04. The smallest absolute Gasteiger partial charge is 0.223 e. The summed E-state index contributed by atoms with van der Waals surface area (Å²) >= 11 is 0. The molecule has 0 spiro atoms. The monoisotopic (exact) mass is 257 g/mol. The van der Waals surface area contributed by atoms with Crippen molar-refractivity contribution >= 4 is 16.7 Å². The molecule has 2 N–H and O–H groups in total. The van der Waals surface area contributed by atoms with Gasteiger partial charge in [-0.05, 0) is 18.2 Å². The molecule has 0 aliphatic heterocycles. The van der Waals surface area contributed by atoms with Crippen LogP contribution in [-0.2, 0) is 13.0 Å². The Labute approximate surface area is 110 Å². The van der Waals surface area contributed by atoms with Crippen molar-refractivity contribution in [2.75, 3.05) is 5.73 Å². The highest BCUT2D eigenvalue weighted by Crippen LogP contribution is 2.20. The molecule has 1 aromatic carbocycles. The largest absolute Gasteiger partial charge is 0.399 e. The van der Waals surface area contributed by atoms with Crippen molar-refractivity contribution in [1.29, 1.82) is 0 Å². The first-order valence-corrected chi connectivity index (χ1v) is 6.21. The fourth-order valence-corrected chi connectivity index (χ4v) is 2.19. The van der Waals surface area contributed by atoms with Crippen LogP contribution in [0.25, 0.3) is 11.0 Å². The Kier molecular flexibility index (Phi) is 2.70. The summed E-state index contributed by atoms with van der Waals surface area (Å²) in [6, 6.07) is 5.73. The molecule has 0 atom stereocenters. The molecule has 0 amide bonds. The number of aromatic nitrogens is 4. The van der Waals surface area contributed by atoms with Gasteiger partial charge in [0.2, 0.25) is 5.89 Å². The number of imidazole rings is 1. The number of nitrogens with two attached hydrogens (primary N) is 1. The maximum atomic E-state index is 5.79. The van der Waals surface area contributed by atoms with E-state index in [9.17, 15) is 0 Å². The lowest BCUT2D eigenvalue weighted by Gasteiger charge is -2.04. The van der Waals surface area contributed by atoms with Crippen LogP contribution in [0.4, 0.5) is 5.69 Å². The normalized spacial score (nSPS) is 11.3. The molecule has 98 valence electrons. The quantitative estimate of drug-likeness (QED) is 0.725. The van der Waals surface area contributed by atoms with E-state index in [1.807, 2.05) is 18.2 Å². The summed E-state index contributed by atoms with van der Waals surface area (Å²) in [4.78, 5) is 8.83. The number of benzene rings is 1. The average Bonchev–Trinajstić information content (AvgIpc) is 2.94. The molecule has 0 bridgehead atoms. The molecule has 0 saturated carbocycles. The van der Waals surface area contributed by atoms with Gasteiger partial charge >= 0.3 is 0 Å². The first kappa shape index (κ1) is 11.7. The minimum Gasteiger partial charge on any atom is -0.399 e. The van der Waals surface area contributed by atoms with Crippen LogP contribution in [0.5, 0.6) is 0 Å². The standard InChI is InChI=1S/C13H15N5O/c1-3-13-16-10-6-9(14)4-5-11(10)18(13)7-12-15-8(2)19-17-12/h4-6H,3,7,14H2,1-2H3. The van der Waals surface area contributed by atoms with Gasteiger partial charge in [0, 0.05) is 19.0 Å². The number of hydrogen-bond acceptors (Lipinski definition) is 5. The van der Waals surface area contributed by atoms with Gasteiger partial charge in [0.25, 0.3) is 0 Å².